The molecule has 6 atom stereocenters. The third kappa shape index (κ3) is 46.1. The van der Waals surface area contributed by atoms with Gasteiger partial charge in [-0.05, 0) is 127 Å². The van der Waals surface area contributed by atoms with Crippen molar-refractivity contribution < 1.29 is 116 Å². The largest absolute Gasteiger partial charge is 0.480 e. The number of hydrogen-bond acceptors (Lipinski definition) is 23. The third-order valence-corrected chi connectivity index (χ3v) is 10.9. The average Bonchev–Trinajstić information content (AvgIpc) is 3.38. The second-order valence-electron chi connectivity index (χ2n) is 22.5. The minimum absolute atomic E-state index is 0.0175. The zero-order valence-corrected chi connectivity index (χ0v) is 52.3. The number of nitrogens with one attached hydrogen (secondary N) is 12. The summed E-state index contributed by atoms with van der Waals surface area (Å²) in [4.78, 5) is 159. The lowest BCUT2D eigenvalue weighted by molar-refractivity contribution is -0.149. The van der Waals surface area contributed by atoms with Gasteiger partial charge >= 0.3 is 42.2 Å². The fourth-order valence-electron chi connectivity index (χ4n) is 7.09. The number of carbonyl (C=O) groups is 13. The number of carbonyl (C=O) groups excluding carboxylic acids is 10. The highest BCUT2D eigenvalue weighted by molar-refractivity contribution is 5.94. The summed E-state index contributed by atoms with van der Waals surface area (Å²) in [6.07, 6.45) is -5.17. The Morgan fingerprint density at radius 3 is 1.26 bits per heavy atom. The van der Waals surface area contributed by atoms with Crippen LogP contribution in [0, 0.1) is 0 Å². The van der Waals surface area contributed by atoms with Gasteiger partial charge in [-0.1, -0.05) is 0 Å². The van der Waals surface area contributed by atoms with Crippen molar-refractivity contribution in [3.05, 3.63) is 0 Å². The zero-order valence-electron chi connectivity index (χ0n) is 52.3. The molecular formula is C53H94N12O24. The predicted molar refractivity (Wildman–Crippen MR) is 310 cm³/mol. The van der Waals surface area contributed by atoms with Crippen LogP contribution in [0.4, 0.5) is 19.2 Å². The van der Waals surface area contributed by atoms with Gasteiger partial charge in [-0.25, -0.2) is 29.9 Å². The van der Waals surface area contributed by atoms with Gasteiger partial charge in [-0.2, -0.15) is 0 Å². The number of unbranched alkanes of at least 4 members (excludes halogenated alkanes) is 3. The van der Waals surface area contributed by atoms with Crippen molar-refractivity contribution in [3.8, 4) is 0 Å². The number of carboxylic acids is 3. The van der Waals surface area contributed by atoms with Crippen LogP contribution >= 0.6 is 0 Å². The molecule has 0 aliphatic carbocycles. The Hall–Kier alpha value is -7.77. The molecule has 0 aliphatic rings. The lowest BCUT2D eigenvalue weighted by Gasteiger charge is -2.27. The number of aliphatic hydroxyl groups excluding tert-OH is 1. The Kier molecular flexibility index (Phi) is 40.0. The van der Waals surface area contributed by atoms with E-state index >= 15 is 0 Å². The Bertz CT molecular complexity index is 2280. The fourth-order valence-corrected chi connectivity index (χ4v) is 7.09. The van der Waals surface area contributed by atoms with E-state index in [9.17, 15) is 67.4 Å². The summed E-state index contributed by atoms with van der Waals surface area (Å²) in [6.45, 7) is 11.9. The first-order chi connectivity index (χ1) is 41.5. The van der Waals surface area contributed by atoms with Crippen LogP contribution in [0.3, 0.4) is 0 Å². The molecule has 0 bridgehead atoms. The van der Waals surface area contributed by atoms with Crippen LogP contribution < -0.4 is 64.0 Å². The third-order valence-electron chi connectivity index (χ3n) is 10.9. The average molecular weight is 1280 g/mol. The highest BCUT2D eigenvalue weighted by Crippen LogP contribution is 2.12. The second kappa shape index (κ2) is 43.8. The van der Waals surface area contributed by atoms with E-state index in [-0.39, 0.29) is 84.4 Å². The molecule has 16 N–H and O–H groups in total. The minimum Gasteiger partial charge on any atom is -0.480 e. The maximum atomic E-state index is 13.1. The molecule has 0 aromatic rings. The summed E-state index contributed by atoms with van der Waals surface area (Å²) in [5.74, 6) is -8.11. The monoisotopic (exact) mass is 1280 g/mol. The number of carboxylic acid groups (broad SMARTS) is 3. The smallest absolute Gasteiger partial charge is 0.422 e. The Labute approximate surface area is 515 Å². The van der Waals surface area contributed by atoms with Gasteiger partial charge in [0.2, 0.25) is 35.4 Å². The number of hydrogen-bond donors (Lipinski definition) is 16. The van der Waals surface area contributed by atoms with Crippen LogP contribution in [0.2, 0.25) is 0 Å². The van der Waals surface area contributed by atoms with Gasteiger partial charge in [0.05, 0.1) is 19.3 Å². The van der Waals surface area contributed by atoms with Crippen LogP contribution in [0.5, 0.6) is 0 Å². The van der Waals surface area contributed by atoms with Gasteiger partial charge in [0.25, 0.3) is 0 Å². The van der Waals surface area contributed by atoms with Crippen molar-refractivity contribution in [2.24, 2.45) is 0 Å². The van der Waals surface area contributed by atoms with E-state index in [1.165, 1.54) is 0 Å². The molecule has 36 nitrogen and oxygen atoms in total. The first-order valence-corrected chi connectivity index (χ1v) is 28.6. The van der Waals surface area contributed by atoms with Crippen molar-refractivity contribution >= 4 is 77.7 Å². The van der Waals surface area contributed by atoms with E-state index in [1.54, 1.807) is 69.2 Å². The van der Waals surface area contributed by atoms with Gasteiger partial charge in [0.1, 0.15) is 80.5 Å². The van der Waals surface area contributed by atoms with E-state index < -0.39 is 171 Å². The first kappa shape index (κ1) is 81.2. The molecule has 0 saturated heterocycles. The van der Waals surface area contributed by atoms with E-state index in [4.69, 9.17) is 48.5 Å². The summed E-state index contributed by atoms with van der Waals surface area (Å²) in [5.41, 5.74) is 2.10. The van der Waals surface area contributed by atoms with Gasteiger partial charge in [0, 0.05) is 26.2 Å². The summed E-state index contributed by atoms with van der Waals surface area (Å²) in [6, 6.07) is -4.63. The number of aliphatic hydroxyl groups is 1. The maximum absolute atomic E-state index is 13.1. The Morgan fingerprint density at radius 1 is 0.438 bits per heavy atom. The van der Waals surface area contributed by atoms with Gasteiger partial charge < -0.3 is 90.8 Å². The summed E-state index contributed by atoms with van der Waals surface area (Å²) in [7, 11) is 0. The van der Waals surface area contributed by atoms with Crippen molar-refractivity contribution in [3.63, 3.8) is 0 Å². The Morgan fingerprint density at radius 2 is 0.820 bits per heavy atom. The van der Waals surface area contributed by atoms with Crippen molar-refractivity contribution in [2.75, 3.05) is 78.9 Å². The number of imide groups is 1. The van der Waals surface area contributed by atoms with E-state index in [1.807, 2.05) is 5.32 Å². The molecule has 0 aliphatic heterocycles. The van der Waals surface area contributed by atoms with Crippen LogP contribution in [0.1, 0.15) is 127 Å². The second-order valence-corrected chi connectivity index (χ2v) is 22.5. The number of rotatable bonds is 44. The van der Waals surface area contributed by atoms with Crippen molar-refractivity contribution in [1.29, 1.82) is 0 Å². The van der Waals surface area contributed by atoms with E-state index in [0.29, 0.717) is 12.8 Å². The minimum atomic E-state index is -1.76. The van der Waals surface area contributed by atoms with Crippen molar-refractivity contribution in [2.45, 2.75) is 181 Å². The molecule has 0 aromatic heterocycles. The highest BCUT2D eigenvalue weighted by atomic mass is 16.6. The molecule has 11 amide bonds. The molecule has 0 radical (unpaired) electrons. The Balaban J connectivity index is 5.85. The number of amides is 11. The summed E-state index contributed by atoms with van der Waals surface area (Å²) >= 11 is 0. The summed E-state index contributed by atoms with van der Waals surface area (Å²) < 4.78 is 38.4. The van der Waals surface area contributed by atoms with Crippen LogP contribution in [-0.4, -0.2) is 230 Å². The van der Waals surface area contributed by atoms with E-state index in [0.717, 1.165) is 0 Å². The number of hydrazine groups is 1. The molecule has 0 heterocycles. The predicted octanol–water partition coefficient (Wildman–Crippen LogP) is -1.97. The molecule has 0 spiro atoms. The topological polar surface area (TPSA) is 512 Å². The molecule has 36 heteroatoms. The number of ether oxygens (including phenoxy) is 7. The molecule has 510 valence electrons. The lowest BCUT2D eigenvalue weighted by atomic mass is 10.1. The zero-order chi connectivity index (χ0) is 67.8. The number of urea groups is 1. The number of aliphatic carboxylic acids is 3. The highest BCUT2D eigenvalue weighted by Gasteiger charge is 2.29. The molecular weight excluding hydrogens is 1190 g/mol. The SMILES string of the molecule is CCOC(COCC(=O)NCCCCC(NC(=O)NC(=O)OC(C)(C)C)C(=O)NCC(=O)O)C(COCC(=O)NCCCCC(NC(O)NC(=O)OC(C)(C)C)C(=O)NCC(=O)O)OCC(=O)NCCCCC(NNC(=O)OC(C)(C)C)C(=O)NCC(=O)O. The van der Waals surface area contributed by atoms with Crippen LogP contribution in [-0.2, 0) is 76.3 Å². The maximum Gasteiger partial charge on any atom is 0.422 e. The standard InChI is InChI=1S/C53H94N12O24/c1-11-85-35(27-83-29-37(66)54-21-15-12-18-32(43(75)57-24-40(69)70)60-46(78)62-48(80)87-51(2,3)4)36(86-31-39(68)56-23-17-14-20-34(45(77)59-26-42(73)74)64-65-50(82)89-53(8,9)10)28-84-30-38(67)55-22-16-13-19-33(44(76)58-25-41(71)72)61-47(79)63-49(81)88-52(5,6)7/h32-36,47,61,64,79H,11-31H2,1-10H3,(H,54,66)(H,55,67)(H,56,68)(H,57,75)(H,58,76)(H,59,77)(H,63,81)(H,65,82)(H,69,70)(H,71,72)(H,73,74)(H2,60,62,78,80). The summed E-state index contributed by atoms with van der Waals surface area (Å²) in [5, 5.41) is 60.8. The van der Waals surface area contributed by atoms with Crippen LogP contribution in [0.25, 0.3) is 0 Å². The first-order valence-electron chi connectivity index (χ1n) is 28.6. The van der Waals surface area contributed by atoms with Crippen molar-refractivity contribution in [1.82, 2.24) is 64.0 Å². The van der Waals surface area contributed by atoms with Gasteiger partial charge in [-0.3, -0.25) is 59.2 Å². The molecule has 0 fully saturated rings. The number of alkyl carbamates (subject to hydrolysis) is 2. The van der Waals surface area contributed by atoms with E-state index in [2.05, 4.69) is 58.7 Å². The molecule has 0 aromatic carbocycles. The quantitative estimate of drug-likeness (QED) is 0.0136. The molecule has 89 heavy (non-hydrogen) atoms. The van der Waals surface area contributed by atoms with Gasteiger partial charge in [-0.15, -0.1) is 0 Å². The van der Waals surface area contributed by atoms with Gasteiger partial charge in [0.15, 0.2) is 6.35 Å². The molecule has 6 unspecified atom stereocenters. The van der Waals surface area contributed by atoms with Crippen LogP contribution in [0.15, 0.2) is 0 Å². The normalized spacial score (nSPS) is 13.4. The fraction of sp³-hybridized carbons (Fsp3) is 0.755. The molecule has 0 saturated carbocycles. The molecule has 0 rings (SSSR count). The lowest BCUT2D eigenvalue weighted by Crippen LogP contribution is -2.55.